The number of nitrogens with zero attached hydrogens (tertiary/aromatic N) is 2. The molecule has 3 aromatic carbocycles. The van der Waals surface area contributed by atoms with Gasteiger partial charge in [0.05, 0.1) is 19.9 Å². The summed E-state index contributed by atoms with van der Waals surface area (Å²) in [4.78, 5) is 31.5. The predicted octanol–water partition coefficient (Wildman–Crippen LogP) is 6.34. The lowest BCUT2D eigenvalue weighted by Crippen LogP contribution is -2.29. The molecule has 4 N–H and O–H groups in total. The number of hydrogen-bond acceptors (Lipinski definition) is 7. The number of pyridine rings is 2. The van der Waals surface area contributed by atoms with Crippen LogP contribution in [0.1, 0.15) is 28.8 Å². The van der Waals surface area contributed by atoms with E-state index in [4.69, 9.17) is 25.7 Å². The highest BCUT2D eigenvalue weighted by Gasteiger charge is 2.24. The number of hydrogen-bond donors (Lipinski definition) is 2. The first-order valence-corrected chi connectivity index (χ1v) is 15.6. The second-order valence-electron chi connectivity index (χ2n) is 11.8. The number of aromatic nitrogens is 2. The quantitative estimate of drug-likeness (QED) is 0.194. The van der Waals surface area contributed by atoms with Crippen LogP contribution < -0.4 is 26.4 Å². The Kier molecular flexibility index (Phi) is 9.08. The molecule has 0 aliphatic carbocycles. The molecule has 0 saturated carbocycles. The maximum atomic E-state index is 13.9. The molecule has 1 aliphatic rings. The lowest BCUT2D eigenvalue weighted by Gasteiger charge is -2.26. The average Bonchev–Trinajstić information content (AvgIpc) is 3.09. The summed E-state index contributed by atoms with van der Waals surface area (Å²) in [5, 5.41) is 0. The van der Waals surface area contributed by atoms with Crippen molar-refractivity contribution in [3.63, 3.8) is 0 Å². The van der Waals surface area contributed by atoms with Crippen molar-refractivity contribution in [1.29, 1.82) is 0 Å². The molecular formula is C38H38N4O5. The number of benzene rings is 3. The van der Waals surface area contributed by atoms with Gasteiger partial charge in [0, 0.05) is 48.8 Å². The largest absolute Gasteiger partial charge is 0.493 e. The summed E-state index contributed by atoms with van der Waals surface area (Å²) in [6, 6.07) is 23.0. The minimum absolute atomic E-state index is 0.0282. The number of nitrogen functional groups attached to an aromatic ring is 1. The Balaban J connectivity index is 1.44. The Morgan fingerprint density at radius 1 is 0.851 bits per heavy atom. The molecule has 1 aliphatic heterocycles. The summed E-state index contributed by atoms with van der Waals surface area (Å²) < 4.78 is 18.5. The van der Waals surface area contributed by atoms with E-state index in [-0.39, 0.29) is 11.0 Å². The predicted molar refractivity (Wildman–Crippen MR) is 185 cm³/mol. The fraction of sp³-hybridized carbons (Fsp3) is 0.237. The Bertz CT molecular complexity index is 1980. The number of carbonyl (C=O) groups excluding carboxylic acids is 1. The third kappa shape index (κ3) is 6.48. The van der Waals surface area contributed by atoms with Crippen molar-refractivity contribution in [2.75, 3.05) is 33.2 Å². The molecule has 1 fully saturated rings. The molecule has 0 bridgehead atoms. The van der Waals surface area contributed by atoms with Gasteiger partial charge < -0.3 is 30.2 Å². The van der Waals surface area contributed by atoms with Gasteiger partial charge in [-0.05, 0) is 66.1 Å². The maximum Gasteiger partial charge on any atom is 0.254 e. The molecule has 2 aromatic heterocycles. The third-order valence-corrected chi connectivity index (χ3v) is 8.79. The number of primary amides is 1. The summed E-state index contributed by atoms with van der Waals surface area (Å²) in [5.41, 5.74) is 18.7. The smallest absolute Gasteiger partial charge is 0.254 e. The zero-order chi connectivity index (χ0) is 33.1. The fourth-order valence-electron chi connectivity index (χ4n) is 6.18. The van der Waals surface area contributed by atoms with Crippen molar-refractivity contribution in [2.45, 2.75) is 26.3 Å². The maximum absolute atomic E-state index is 13.9. The molecule has 0 spiro atoms. The summed E-state index contributed by atoms with van der Waals surface area (Å²) in [5.74, 6) is 1.17. The number of anilines is 1. The van der Waals surface area contributed by atoms with Gasteiger partial charge >= 0.3 is 0 Å². The van der Waals surface area contributed by atoms with Gasteiger partial charge in [0.15, 0.2) is 11.5 Å². The van der Waals surface area contributed by atoms with Crippen LogP contribution in [0.2, 0.25) is 0 Å². The second kappa shape index (κ2) is 13.5. The van der Waals surface area contributed by atoms with Gasteiger partial charge in [-0.3, -0.25) is 9.59 Å². The first kappa shape index (κ1) is 31.6. The van der Waals surface area contributed by atoms with Crippen LogP contribution >= 0.6 is 0 Å². The molecule has 0 radical (unpaired) electrons. The number of aryl methyl sites for hydroxylation is 1. The van der Waals surface area contributed by atoms with E-state index in [0.717, 1.165) is 46.2 Å². The molecule has 240 valence electrons. The first-order chi connectivity index (χ1) is 22.8. The Labute approximate surface area is 273 Å². The number of carbonyl (C=O) groups is 1. The molecule has 0 atom stereocenters. The highest BCUT2D eigenvalue weighted by atomic mass is 16.5. The topological polar surface area (TPSA) is 132 Å². The molecule has 9 heteroatoms. The van der Waals surface area contributed by atoms with E-state index < -0.39 is 5.91 Å². The summed E-state index contributed by atoms with van der Waals surface area (Å²) in [6.45, 7) is 3.97. The lowest BCUT2D eigenvalue weighted by atomic mass is 9.94. The van der Waals surface area contributed by atoms with E-state index in [9.17, 15) is 9.59 Å². The zero-order valence-electron chi connectivity index (χ0n) is 26.8. The standard InChI is InChI=1S/C38H38N4O5/c1-23-4-6-26(7-5-23)31-22-42(21-24-14-16-47-17-15-24)35(34(36(31)43)38(40)44)27-10-8-25(9-11-27)30-18-29(20-41-37(30)39)28-12-13-32(45-2)33(19-28)46-3/h4-13,18-20,22,24H,14-17,21H2,1-3H3,(H2,39,41)(H2,40,44). The van der Waals surface area contributed by atoms with Crippen molar-refractivity contribution < 1.29 is 19.0 Å². The highest BCUT2D eigenvalue weighted by molar-refractivity contribution is 6.00. The van der Waals surface area contributed by atoms with E-state index in [1.807, 2.05) is 90.5 Å². The van der Waals surface area contributed by atoms with Crippen LogP contribution in [0.5, 0.6) is 11.5 Å². The van der Waals surface area contributed by atoms with Crippen molar-refractivity contribution in [2.24, 2.45) is 11.7 Å². The number of amides is 1. The number of nitrogens with two attached hydrogens (primary N) is 2. The van der Waals surface area contributed by atoms with Crippen molar-refractivity contribution in [3.8, 4) is 56.1 Å². The van der Waals surface area contributed by atoms with Gasteiger partial charge in [-0.2, -0.15) is 0 Å². The Hall–Kier alpha value is -5.41. The van der Waals surface area contributed by atoms with E-state index >= 15 is 0 Å². The summed E-state index contributed by atoms with van der Waals surface area (Å²) >= 11 is 0. The molecule has 5 aromatic rings. The zero-order valence-corrected chi connectivity index (χ0v) is 26.8. The van der Waals surface area contributed by atoms with Crippen LogP contribution in [0.25, 0.3) is 44.6 Å². The monoisotopic (exact) mass is 630 g/mol. The minimum Gasteiger partial charge on any atom is -0.493 e. The Morgan fingerprint density at radius 3 is 2.13 bits per heavy atom. The van der Waals surface area contributed by atoms with Crippen LogP contribution in [0, 0.1) is 12.8 Å². The molecule has 1 amide bonds. The molecule has 6 rings (SSSR count). The molecule has 9 nitrogen and oxygen atoms in total. The van der Waals surface area contributed by atoms with Gasteiger partial charge in [0.25, 0.3) is 5.91 Å². The Morgan fingerprint density at radius 2 is 1.47 bits per heavy atom. The average molecular weight is 631 g/mol. The highest BCUT2D eigenvalue weighted by Crippen LogP contribution is 2.36. The summed E-state index contributed by atoms with van der Waals surface area (Å²) in [7, 11) is 3.19. The number of rotatable bonds is 9. The molecule has 47 heavy (non-hydrogen) atoms. The van der Waals surface area contributed by atoms with Crippen LogP contribution in [0.4, 0.5) is 5.82 Å². The van der Waals surface area contributed by atoms with Crippen molar-refractivity contribution >= 4 is 11.7 Å². The number of methoxy groups -OCH3 is 2. The minimum atomic E-state index is -0.764. The van der Waals surface area contributed by atoms with E-state index in [1.165, 1.54) is 0 Å². The van der Waals surface area contributed by atoms with Crippen LogP contribution in [-0.4, -0.2) is 42.9 Å². The molecule has 0 unspecified atom stereocenters. The summed E-state index contributed by atoms with van der Waals surface area (Å²) in [6.07, 6.45) is 5.36. The second-order valence-corrected chi connectivity index (χ2v) is 11.8. The van der Waals surface area contributed by atoms with Gasteiger partial charge in [-0.15, -0.1) is 0 Å². The van der Waals surface area contributed by atoms with Gasteiger partial charge in [-0.1, -0.05) is 60.2 Å². The van der Waals surface area contributed by atoms with E-state index in [1.54, 1.807) is 20.4 Å². The van der Waals surface area contributed by atoms with Crippen LogP contribution in [-0.2, 0) is 11.3 Å². The van der Waals surface area contributed by atoms with Gasteiger partial charge in [-0.25, -0.2) is 4.98 Å². The number of ether oxygens (including phenoxy) is 3. The van der Waals surface area contributed by atoms with E-state index in [0.29, 0.717) is 59.8 Å². The van der Waals surface area contributed by atoms with Crippen LogP contribution in [0.3, 0.4) is 0 Å². The SMILES string of the molecule is COc1ccc(-c2cnc(N)c(-c3ccc(-c4c(C(N)=O)c(=O)c(-c5ccc(C)cc5)cn4CC4CCOCC4)cc3)c2)cc1OC. The fourth-order valence-corrected chi connectivity index (χ4v) is 6.18. The first-order valence-electron chi connectivity index (χ1n) is 15.6. The lowest BCUT2D eigenvalue weighted by molar-refractivity contribution is 0.0613. The normalized spacial score (nSPS) is 13.3. The van der Waals surface area contributed by atoms with Crippen molar-refractivity contribution in [1.82, 2.24) is 9.55 Å². The van der Waals surface area contributed by atoms with Crippen molar-refractivity contribution in [3.05, 3.63) is 107 Å². The third-order valence-electron chi connectivity index (χ3n) is 8.79. The van der Waals surface area contributed by atoms with Crippen LogP contribution in [0.15, 0.2) is 90.0 Å². The van der Waals surface area contributed by atoms with Gasteiger partial charge in [0.1, 0.15) is 11.4 Å². The molecule has 3 heterocycles. The van der Waals surface area contributed by atoms with E-state index in [2.05, 4.69) is 4.98 Å². The molecule has 1 saturated heterocycles. The van der Waals surface area contributed by atoms with Gasteiger partial charge in [0.2, 0.25) is 5.43 Å². The molecular weight excluding hydrogens is 592 g/mol.